The molecule has 0 aromatic carbocycles. The van der Waals surface area contributed by atoms with Gasteiger partial charge >= 0.3 is 5.97 Å². The van der Waals surface area contributed by atoms with Crippen LogP contribution in [0, 0.1) is 0 Å². The van der Waals surface area contributed by atoms with Gasteiger partial charge in [0.2, 0.25) is 0 Å². The van der Waals surface area contributed by atoms with Gasteiger partial charge in [-0.25, -0.2) is 0 Å². The Hall–Kier alpha value is -1.36. The minimum absolute atomic E-state index is 0.280. The number of carboxylic acids is 1. The van der Waals surface area contributed by atoms with Crippen molar-refractivity contribution in [2.45, 2.75) is 45.6 Å². The molecule has 0 aliphatic heterocycles. The number of nitrogens with zero attached hydrogens (tertiary/aromatic N) is 2. The van der Waals surface area contributed by atoms with Gasteiger partial charge in [0.1, 0.15) is 0 Å². The van der Waals surface area contributed by atoms with Crippen molar-refractivity contribution < 1.29 is 9.90 Å². The lowest BCUT2D eigenvalue weighted by atomic mass is 10.2. The highest BCUT2D eigenvalue weighted by Gasteiger charge is 2.04. The quantitative estimate of drug-likeness (QED) is 0.658. The molecule has 1 rings (SSSR count). The highest BCUT2D eigenvalue weighted by molar-refractivity contribution is 5.66. The van der Waals surface area contributed by atoms with Gasteiger partial charge in [0.25, 0.3) is 0 Å². The molecule has 1 aromatic rings. The molecule has 0 saturated heterocycles. The third-order valence-corrected chi connectivity index (χ3v) is 2.89. The Labute approximate surface area is 108 Å². The van der Waals surface area contributed by atoms with Crippen molar-refractivity contribution in [1.29, 1.82) is 0 Å². The number of hydrogen-bond acceptors (Lipinski definition) is 3. The van der Waals surface area contributed by atoms with E-state index >= 15 is 0 Å². The Morgan fingerprint density at radius 3 is 2.89 bits per heavy atom. The number of carboxylic acid groups (broad SMARTS) is 1. The first-order valence-corrected chi connectivity index (χ1v) is 6.57. The van der Waals surface area contributed by atoms with Gasteiger partial charge in [0.15, 0.2) is 0 Å². The number of aliphatic carboxylic acids is 1. The molecular formula is C13H23N3O2. The molecule has 0 radical (unpaired) electrons. The summed E-state index contributed by atoms with van der Waals surface area (Å²) in [6, 6.07) is 0. The van der Waals surface area contributed by atoms with Gasteiger partial charge in [-0.15, -0.1) is 0 Å². The van der Waals surface area contributed by atoms with Gasteiger partial charge in [-0.3, -0.25) is 9.48 Å². The van der Waals surface area contributed by atoms with E-state index in [0.29, 0.717) is 0 Å². The van der Waals surface area contributed by atoms with Crippen LogP contribution in [0.2, 0.25) is 0 Å². The molecule has 0 bridgehead atoms. The first-order chi connectivity index (χ1) is 8.63. The van der Waals surface area contributed by atoms with Crippen molar-refractivity contribution in [2.75, 3.05) is 6.54 Å². The third-order valence-electron chi connectivity index (χ3n) is 2.89. The molecule has 2 N–H and O–H groups in total. The Morgan fingerprint density at radius 1 is 1.44 bits per heavy atom. The van der Waals surface area contributed by atoms with E-state index in [0.717, 1.165) is 44.5 Å². The van der Waals surface area contributed by atoms with E-state index in [1.54, 1.807) is 0 Å². The number of hydrogen-bond donors (Lipinski definition) is 2. The van der Waals surface area contributed by atoms with Crippen molar-refractivity contribution in [3.05, 3.63) is 17.5 Å². The fourth-order valence-electron chi connectivity index (χ4n) is 1.96. The van der Waals surface area contributed by atoms with Crippen LogP contribution in [-0.2, 0) is 24.8 Å². The number of unbranched alkanes of at least 4 members (excludes halogenated alkanes) is 2. The highest BCUT2D eigenvalue weighted by atomic mass is 16.4. The molecule has 0 amide bonds. The summed E-state index contributed by atoms with van der Waals surface area (Å²) < 4.78 is 1.85. The van der Waals surface area contributed by atoms with Crippen molar-refractivity contribution in [3.63, 3.8) is 0 Å². The third kappa shape index (κ3) is 5.31. The summed E-state index contributed by atoms with van der Waals surface area (Å²) in [6.45, 7) is 3.88. The zero-order valence-electron chi connectivity index (χ0n) is 11.3. The molecule has 0 saturated carbocycles. The lowest BCUT2D eigenvalue weighted by Crippen LogP contribution is -2.15. The average molecular weight is 253 g/mol. The standard InChI is InChI=1S/C13H23N3O2/c1-3-12-11(10-16(2)15-12)9-14-8-6-4-5-7-13(17)18/h10,14H,3-9H2,1-2H3,(H,17,18). The largest absolute Gasteiger partial charge is 0.481 e. The molecule has 5 nitrogen and oxygen atoms in total. The maximum absolute atomic E-state index is 10.3. The minimum Gasteiger partial charge on any atom is -0.481 e. The lowest BCUT2D eigenvalue weighted by Gasteiger charge is -2.04. The number of aryl methyl sites for hydroxylation is 2. The highest BCUT2D eigenvalue weighted by Crippen LogP contribution is 2.06. The molecule has 0 fully saturated rings. The summed E-state index contributed by atoms with van der Waals surface area (Å²) in [5.74, 6) is -0.703. The summed E-state index contributed by atoms with van der Waals surface area (Å²) in [4.78, 5) is 10.3. The predicted octanol–water partition coefficient (Wildman–Crippen LogP) is 1.72. The van der Waals surface area contributed by atoms with Crippen LogP contribution in [0.15, 0.2) is 6.20 Å². The Kier molecular flexibility index (Phi) is 6.43. The van der Waals surface area contributed by atoms with E-state index in [4.69, 9.17) is 5.11 Å². The van der Waals surface area contributed by atoms with Crippen LogP contribution in [0.1, 0.15) is 43.9 Å². The fraction of sp³-hybridized carbons (Fsp3) is 0.692. The van der Waals surface area contributed by atoms with E-state index in [1.807, 2.05) is 11.7 Å². The SMILES string of the molecule is CCc1nn(C)cc1CNCCCCCC(=O)O. The predicted molar refractivity (Wildman–Crippen MR) is 70.4 cm³/mol. The van der Waals surface area contributed by atoms with Crippen LogP contribution in [0.5, 0.6) is 0 Å². The second kappa shape index (κ2) is 7.87. The van der Waals surface area contributed by atoms with E-state index in [2.05, 4.69) is 23.5 Å². The van der Waals surface area contributed by atoms with Gasteiger partial charge in [0, 0.05) is 31.8 Å². The summed E-state index contributed by atoms with van der Waals surface area (Å²) in [5, 5.41) is 16.3. The van der Waals surface area contributed by atoms with Gasteiger partial charge < -0.3 is 10.4 Å². The number of rotatable bonds is 9. The van der Waals surface area contributed by atoms with Crippen molar-refractivity contribution >= 4 is 5.97 Å². The molecule has 0 atom stereocenters. The van der Waals surface area contributed by atoms with Gasteiger partial charge in [-0.1, -0.05) is 13.3 Å². The van der Waals surface area contributed by atoms with E-state index < -0.39 is 5.97 Å². The van der Waals surface area contributed by atoms with Crippen LogP contribution in [0.4, 0.5) is 0 Å². The zero-order valence-corrected chi connectivity index (χ0v) is 11.3. The Balaban J connectivity index is 2.12. The van der Waals surface area contributed by atoms with Crippen LogP contribution in [0.25, 0.3) is 0 Å². The number of nitrogens with one attached hydrogen (secondary N) is 1. The second-order valence-corrected chi connectivity index (χ2v) is 4.51. The van der Waals surface area contributed by atoms with Crippen molar-refractivity contribution in [2.24, 2.45) is 7.05 Å². The van der Waals surface area contributed by atoms with E-state index in [1.165, 1.54) is 5.56 Å². The van der Waals surface area contributed by atoms with E-state index in [9.17, 15) is 4.79 Å². The first kappa shape index (κ1) is 14.7. The van der Waals surface area contributed by atoms with Crippen LogP contribution in [0.3, 0.4) is 0 Å². The minimum atomic E-state index is -0.703. The Bertz CT molecular complexity index is 374. The lowest BCUT2D eigenvalue weighted by molar-refractivity contribution is -0.137. The molecule has 0 aliphatic carbocycles. The van der Waals surface area contributed by atoms with Gasteiger partial charge in [-0.05, 0) is 25.8 Å². The van der Waals surface area contributed by atoms with Crippen LogP contribution >= 0.6 is 0 Å². The smallest absolute Gasteiger partial charge is 0.303 e. The first-order valence-electron chi connectivity index (χ1n) is 6.57. The molecule has 0 spiro atoms. The summed E-state index contributed by atoms with van der Waals surface area (Å²) >= 11 is 0. The second-order valence-electron chi connectivity index (χ2n) is 4.51. The molecular weight excluding hydrogens is 230 g/mol. The fourth-order valence-corrected chi connectivity index (χ4v) is 1.96. The normalized spacial score (nSPS) is 10.8. The summed E-state index contributed by atoms with van der Waals surface area (Å²) in [7, 11) is 1.94. The molecule has 1 aromatic heterocycles. The Morgan fingerprint density at radius 2 is 2.22 bits per heavy atom. The maximum atomic E-state index is 10.3. The zero-order chi connectivity index (χ0) is 13.4. The van der Waals surface area contributed by atoms with Crippen molar-refractivity contribution in [1.82, 2.24) is 15.1 Å². The number of aromatic nitrogens is 2. The molecule has 0 unspecified atom stereocenters. The van der Waals surface area contributed by atoms with Gasteiger partial charge in [-0.2, -0.15) is 5.10 Å². The molecule has 102 valence electrons. The maximum Gasteiger partial charge on any atom is 0.303 e. The average Bonchev–Trinajstić information content (AvgIpc) is 2.68. The summed E-state index contributed by atoms with van der Waals surface area (Å²) in [6.07, 6.45) is 6.04. The van der Waals surface area contributed by atoms with Gasteiger partial charge in [0.05, 0.1) is 5.69 Å². The molecule has 0 aliphatic rings. The number of carbonyl (C=O) groups is 1. The summed E-state index contributed by atoms with van der Waals surface area (Å²) in [5.41, 5.74) is 2.40. The van der Waals surface area contributed by atoms with Crippen LogP contribution in [-0.4, -0.2) is 27.4 Å². The van der Waals surface area contributed by atoms with Crippen LogP contribution < -0.4 is 5.32 Å². The monoisotopic (exact) mass is 253 g/mol. The van der Waals surface area contributed by atoms with E-state index in [-0.39, 0.29) is 6.42 Å². The molecule has 1 heterocycles. The van der Waals surface area contributed by atoms with Crippen molar-refractivity contribution in [3.8, 4) is 0 Å². The topological polar surface area (TPSA) is 67.2 Å². The molecule has 18 heavy (non-hydrogen) atoms. The molecule has 5 heteroatoms.